The van der Waals surface area contributed by atoms with Crippen molar-refractivity contribution >= 4 is 23.4 Å². The second kappa shape index (κ2) is 8.91. The summed E-state index contributed by atoms with van der Waals surface area (Å²) in [6, 6.07) is 5.83. The predicted molar refractivity (Wildman–Crippen MR) is 111 cm³/mol. The van der Waals surface area contributed by atoms with Crippen LogP contribution in [0.3, 0.4) is 0 Å². The summed E-state index contributed by atoms with van der Waals surface area (Å²) in [5, 5.41) is 3.31. The van der Waals surface area contributed by atoms with Crippen molar-refractivity contribution in [3.63, 3.8) is 0 Å². The number of amides is 1. The molecule has 0 atom stereocenters. The first-order valence-electron chi connectivity index (χ1n) is 9.78. The normalized spacial score (nSPS) is 14.9. The van der Waals surface area contributed by atoms with Crippen LogP contribution in [0.2, 0.25) is 0 Å². The van der Waals surface area contributed by atoms with E-state index < -0.39 is 6.09 Å². The van der Waals surface area contributed by atoms with Gasteiger partial charge in [-0.2, -0.15) is 0 Å². The number of hydrogen-bond donors (Lipinski definition) is 2. The molecule has 0 spiro atoms. The number of benzene rings is 1. The van der Waals surface area contributed by atoms with Gasteiger partial charge in [-0.25, -0.2) is 14.8 Å². The van der Waals surface area contributed by atoms with Crippen molar-refractivity contribution in [3.8, 4) is 0 Å². The Labute approximate surface area is 166 Å². The maximum Gasteiger partial charge on any atom is 0.404 e. The molecule has 0 radical (unpaired) electrons. The smallest absolute Gasteiger partial charge is 0.404 e. The molecule has 1 aliphatic heterocycles. The van der Waals surface area contributed by atoms with E-state index in [1.807, 2.05) is 37.5 Å². The Kier molecular flexibility index (Phi) is 6.34. The summed E-state index contributed by atoms with van der Waals surface area (Å²) in [7, 11) is 0. The number of nitrogens with one attached hydrogen (secondary N) is 1. The van der Waals surface area contributed by atoms with Crippen molar-refractivity contribution in [1.29, 1.82) is 0 Å². The standard InChI is InChI=1S/C21H29N5O2/c1-14(2)16-6-8-26(9-7-16)21-23-11-19(12-24-21)25-18-5-4-17(15(3)10-18)13-28-20(22)27/h4-5,10-12,14,16,25H,6-9,13H2,1-3H3,(H2,22,27). The van der Waals surface area contributed by atoms with Crippen LogP contribution in [0.4, 0.5) is 22.1 Å². The minimum absolute atomic E-state index is 0.173. The lowest BCUT2D eigenvalue weighted by Gasteiger charge is -2.33. The Hall–Kier alpha value is -2.83. The number of nitrogens with zero attached hydrogens (tertiary/aromatic N) is 3. The Morgan fingerprint density at radius 1 is 1.25 bits per heavy atom. The summed E-state index contributed by atoms with van der Waals surface area (Å²) < 4.78 is 4.85. The van der Waals surface area contributed by atoms with E-state index in [-0.39, 0.29) is 6.61 Å². The minimum atomic E-state index is -0.771. The molecule has 0 unspecified atom stereocenters. The van der Waals surface area contributed by atoms with E-state index in [1.54, 1.807) is 0 Å². The van der Waals surface area contributed by atoms with E-state index in [0.29, 0.717) is 0 Å². The van der Waals surface area contributed by atoms with Gasteiger partial charge < -0.3 is 20.7 Å². The number of primary amides is 1. The summed E-state index contributed by atoms with van der Waals surface area (Å²) in [6.45, 7) is 8.78. The molecule has 1 amide bonds. The second-order valence-corrected chi connectivity index (χ2v) is 7.71. The van der Waals surface area contributed by atoms with Gasteiger partial charge in [0.05, 0.1) is 18.1 Å². The van der Waals surface area contributed by atoms with Crippen LogP contribution in [0.5, 0.6) is 0 Å². The molecule has 1 saturated heterocycles. The van der Waals surface area contributed by atoms with Gasteiger partial charge in [-0.3, -0.25) is 0 Å². The first kappa shape index (κ1) is 19.9. The van der Waals surface area contributed by atoms with Crippen molar-refractivity contribution in [2.45, 2.75) is 40.2 Å². The average Bonchev–Trinajstić information content (AvgIpc) is 2.68. The molecular weight excluding hydrogens is 354 g/mol. The van der Waals surface area contributed by atoms with E-state index in [9.17, 15) is 4.79 Å². The lowest BCUT2D eigenvalue weighted by Crippen LogP contribution is -2.36. The highest BCUT2D eigenvalue weighted by Crippen LogP contribution is 2.26. The number of anilines is 3. The molecule has 0 bridgehead atoms. The lowest BCUT2D eigenvalue weighted by molar-refractivity contribution is 0.150. The number of aryl methyl sites for hydroxylation is 1. The molecule has 28 heavy (non-hydrogen) atoms. The van der Waals surface area contributed by atoms with Crippen LogP contribution in [0.25, 0.3) is 0 Å². The highest BCUT2D eigenvalue weighted by molar-refractivity contribution is 5.65. The van der Waals surface area contributed by atoms with E-state index >= 15 is 0 Å². The minimum Gasteiger partial charge on any atom is -0.445 e. The molecule has 7 nitrogen and oxygen atoms in total. The molecule has 1 aromatic heterocycles. The molecular formula is C21H29N5O2. The molecule has 1 aromatic carbocycles. The van der Waals surface area contributed by atoms with Gasteiger partial charge >= 0.3 is 6.09 Å². The Balaban J connectivity index is 1.58. The fraction of sp³-hybridized carbons (Fsp3) is 0.476. The zero-order chi connectivity index (χ0) is 20.1. The summed E-state index contributed by atoms with van der Waals surface area (Å²) in [5.74, 6) is 2.34. The van der Waals surface area contributed by atoms with Crippen molar-refractivity contribution in [3.05, 3.63) is 41.7 Å². The predicted octanol–water partition coefficient (Wildman–Crippen LogP) is 4.00. The van der Waals surface area contributed by atoms with Crippen LogP contribution < -0.4 is 16.0 Å². The highest BCUT2D eigenvalue weighted by Gasteiger charge is 2.22. The molecule has 0 aliphatic carbocycles. The van der Waals surface area contributed by atoms with Crippen LogP contribution in [-0.4, -0.2) is 29.2 Å². The van der Waals surface area contributed by atoms with E-state index in [1.165, 1.54) is 12.8 Å². The zero-order valence-electron chi connectivity index (χ0n) is 16.8. The number of nitrogens with two attached hydrogens (primary N) is 1. The van der Waals surface area contributed by atoms with Gasteiger partial charge in [-0.1, -0.05) is 19.9 Å². The highest BCUT2D eigenvalue weighted by atomic mass is 16.5. The van der Waals surface area contributed by atoms with E-state index in [0.717, 1.165) is 53.4 Å². The first-order chi connectivity index (χ1) is 13.4. The van der Waals surface area contributed by atoms with Gasteiger partial charge in [-0.05, 0) is 54.9 Å². The van der Waals surface area contributed by atoms with Gasteiger partial charge in [0, 0.05) is 18.8 Å². The largest absolute Gasteiger partial charge is 0.445 e. The van der Waals surface area contributed by atoms with Crippen LogP contribution in [0.1, 0.15) is 37.8 Å². The average molecular weight is 383 g/mol. The van der Waals surface area contributed by atoms with Crippen LogP contribution in [0.15, 0.2) is 30.6 Å². The SMILES string of the molecule is Cc1cc(Nc2cnc(N3CCC(C(C)C)CC3)nc2)ccc1COC(N)=O. The third-order valence-electron chi connectivity index (χ3n) is 5.40. The quantitative estimate of drug-likeness (QED) is 0.783. The van der Waals surface area contributed by atoms with Crippen molar-refractivity contribution in [2.75, 3.05) is 23.3 Å². The summed E-state index contributed by atoms with van der Waals surface area (Å²) in [4.78, 5) is 22.1. The molecule has 3 N–H and O–H groups in total. The molecule has 3 rings (SSSR count). The molecule has 2 aromatic rings. The maximum atomic E-state index is 10.7. The summed E-state index contributed by atoms with van der Waals surface area (Å²) in [6.07, 6.45) is 5.26. The molecule has 0 saturated carbocycles. The maximum absolute atomic E-state index is 10.7. The lowest BCUT2D eigenvalue weighted by atomic mass is 9.87. The molecule has 1 aliphatic rings. The zero-order valence-corrected chi connectivity index (χ0v) is 16.8. The number of carbonyl (C=O) groups is 1. The van der Waals surface area contributed by atoms with Crippen LogP contribution in [0, 0.1) is 18.8 Å². The molecule has 2 heterocycles. The number of piperidine rings is 1. The topological polar surface area (TPSA) is 93.4 Å². The molecule has 1 fully saturated rings. The van der Waals surface area contributed by atoms with Gasteiger partial charge in [0.15, 0.2) is 0 Å². The van der Waals surface area contributed by atoms with E-state index in [4.69, 9.17) is 10.5 Å². The number of carbonyl (C=O) groups excluding carboxylic acids is 1. The monoisotopic (exact) mass is 383 g/mol. The van der Waals surface area contributed by atoms with Crippen molar-refractivity contribution < 1.29 is 9.53 Å². The van der Waals surface area contributed by atoms with Crippen LogP contribution >= 0.6 is 0 Å². The number of hydrogen-bond acceptors (Lipinski definition) is 6. The third-order valence-corrected chi connectivity index (χ3v) is 5.40. The van der Waals surface area contributed by atoms with E-state index in [2.05, 4.69) is 34.0 Å². The summed E-state index contributed by atoms with van der Waals surface area (Å²) >= 11 is 0. The fourth-order valence-electron chi connectivity index (χ4n) is 3.57. The Bertz CT molecular complexity index is 799. The number of rotatable bonds is 6. The Morgan fingerprint density at radius 3 is 2.50 bits per heavy atom. The molecule has 7 heteroatoms. The summed E-state index contributed by atoms with van der Waals surface area (Å²) in [5.41, 5.74) is 8.71. The van der Waals surface area contributed by atoms with Crippen molar-refractivity contribution in [1.82, 2.24) is 9.97 Å². The second-order valence-electron chi connectivity index (χ2n) is 7.71. The van der Waals surface area contributed by atoms with Crippen molar-refractivity contribution in [2.24, 2.45) is 17.6 Å². The Morgan fingerprint density at radius 2 is 1.93 bits per heavy atom. The van der Waals surface area contributed by atoms with Gasteiger partial charge in [0.25, 0.3) is 0 Å². The van der Waals surface area contributed by atoms with Gasteiger partial charge in [0.2, 0.25) is 5.95 Å². The third kappa shape index (κ3) is 5.12. The first-order valence-corrected chi connectivity index (χ1v) is 9.78. The van der Waals surface area contributed by atoms with Gasteiger partial charge in [0.1, 0.15) is 6.61 Å². The number of aromatic nitrogens is 2. The fourth-order valence-corrected chi connectivity index (χ4v) is 3.57. The number of ether oxygens (including phenoxy) is 1. The molecule has 150 valence electrons. The van der Waals surface area contributed by atoms with Gasteiger partial charge in [-0.15, -0.1) is 0 Å². The van der Waals surface area contributed by atoms with Crippen LogP contribution in [-0.2, 0) is 11.3 Å².